The maximum absolute atomic E-state index is 13.4. The van der Waals surface area contributed by atoms with Crippen LogP contribution in [0.3, 0.4) is 0 Å². The predicted molar refractivity (Wildman–Crippen MR) is 125 cm³/mol. The molecule has 3 rings (SSSR count). The number of phenolic OH excluding ortho intramolecular Hbond substituents is 1. The molecule has 0 atom stereocenters. The van der Waals surface area contributed by atoms with Crippen molar-refractivity contribution in [3.63, 3.8) is 0 Å². The summed E-state index contributed by atoms with van der Waals surface area (Å²) >= 11 is 18.4. The van der Waals surface area contributed by atoms with E-state index in [-0.39, 0.29) is 37.5 Å². The lowest BCUT2D eigenvalue weighted by Crippen LogP contribution is -2.59. The molecule has 1 fully saturated rings. The number of Topliss-reactive ketones (excluding diaryl/α,β-unsaturated/α-hetero) is 1. The van der Waals surface area contributed by atoms with Gasteiger partial charge in [-0.3, -0.25) is 4.79 Å². The third kappa shape index (κ3) is 4.12. The number of hydrogen-bond donors (Lipinski definition) is 3. The standard InChI is InChI=1S/C23H29Cl3N2O2/c1-21(2,3)13-7-12(8-14(18(13)29)22(4,5)6)9-23(10-27-11-23)19(30)17-15(24)16(25)20(26)28-17/h7-8,27-29H,9-11H2,1-6H3. The van der Waals surface area contributed by atoms with Crippen molar-refractivity contribution >= 4 is 40.6 Å². The number of hydrogen-bond acceptors (Lipinski definition) is 3. The summed E-state index contributed by atoms with van der Waals surface area (Å²) in [5.74, 6) is 0.222. The van der Waals surface area contributed by atoms with E-state index in [2.05, 4.69) is 51.8 Å². The van der Waals surface area contributed by atoms with Gasteiger partial charge in [0.25, 0.3) is 0 Å². The molecule has 1 saturated heterocycles. The molecule has 0 saturated carbocycles. The fourth-order valence-corrected chi connectivity index (χ4v) is 4.58. The van der Waals surface area contributed by atoms with E-state index in [4.69, 9.17) is 34.8 Å². The maximum atomic E-state index is 13.4. The molecule has 0 spiro atoms. The van der Waals surface area contributed by atoms with Gasteiger partial charge in [0, 0.05) is 13.1 Å². The Balaban J connectivity index is 2.07. The molecule has 0 bridgehead atoms. The summed E-state index contributed by atoms with van der Waals surface area (Å²) in [5, 5.41) is 14.7. The van der Waals surface area contributed by atoms with E-state index in [0.717, 1.165) is 16.7 Å². The van der Waals surface area contributed by atoms with Gasteiger partial charge >= 0.3 is 0 Å². The molecule has 0 amide bonds. The van der Waals surface area contributed by atoms with Gasteiger partial charge in [-0.2, -0.15) is 0 Å². The molecule has 30 heavy (non-hydrogen) atoms. The van der Waals surface area contributed by atoms with Crippen LogP contribution in [0.2, 0.25) is 15.2 Å². The molecule has 0 radical (unpaired) electrons. The van der Waals surface area contributed by atoms with Gasteiger partial charge in [-0.1, -0.05) is 88.5 Å². The zero-order valence-corrected chi connectivity index (χ0v) is 20.5. The van der Waals surface area contributed by atoms with Crippen molar-refractivity contribution in [2.75, 3.05) is 13.1 Å². The molecule has 0 unspecified atom stereocenters. The Morgan fingerprint density at radius 3 is 1.83 bits per heavy atom. The molecule has 0 aliphatic carbocycles. The monoisotopic (exact) mass is 470 g/mol. The lowest BCUT2D eigenvalue weighted by molar-refractivity contribution is 0.0673. The molecule has 2 aromatic rings. The number of nitrogens with one attached hydrogen (secondary N) is 2. The van der Waals surface area contributed by atoms with E-state index in [1.54, 1.807) is 0 Å². The highest BCUT2D eigenvalue weighted by atomic mass is 35.5. The van der Waals surface area contributed by atoms with Crippen LogP contribution in [0.1, 0.15) is 68.7 Å². The van der Waals surface area contributed by atoms with E-state index in [9.17, 15) is 9.90 Å². The van der Waals surface area contributed by atoms with Crippen LogP contribution in [0.4, 0.5) is 0 Å². The SMILES string of the molecule is CC(C)(C)c1cc(CC2(C(=O)c3[nH]c(Cl)c(Cl)c3Cl)CNC2)cc(C(C)(C)C)c1O. The Morgan fingerprint density at radius 2 is 1.50 bits per heavy atom. The minimum atomic E-state index is -0.650. The van der Waals surface area contributed by atoms with E-state index in [1.165, 1.54) is 0 Å². The first-order valence-corrected chi connectivity index (χ1v) is 11.2. The molecule has 1 aromatic carbocycles. The van der Waals surface area contributed by atoms with Gasteiger partial charge in [0.15, 0.2) is 5.78 Å². The Morgan fingerprint density at radius 1 is 1.00 bits per heavy atom. The molecular weight excluding hydrogens is 443 g/mol. The second kappa shape index (κ2) is 7.74. The van der Waals surface area contributed by atoms with Crippen molar-refractivity contribution < 1.29 is 9.90 Å². The van der Waals surface area contributed by atoms with Crippen molar-refractivity contribution in [2.24, 2.45) is 5.41 Å². The molecule has 164 valence electrons. The Kier molecular flexibility index (Phi) is 6.05. The quantitative estimate of drug-likeness (QED) is 0.459. The second-order valence-corrected chi connectivity index (χ2v) is 11.5. The summed E-state index contributed by atoms with van der Waals surface area (Å²) < 4.78 is 0. The van der Waals surface area contributed by atoms with Gasteiger partial charge in [-0.25, -0.2) is 0 Å². The fraction of sp³-hybridized carbons (Fsp3) is 0.522. The van der Waals surface area contributed by atoms with Crippen molar-refractivity contribution in [1.29, 1.82) is 0 Å². The molecule has 1 aliphatic heterocycles. The van der Waals surface area contributed by atoms with Crippen LogP contribution >= 0.6 is 34.8 Å². The largest absolute Gasteiger partial charge is 0.507 e. The highest BCUT2D eigenvalue weighted by Gasteiger charge is 2.46. The molecule has 7 heteroatoms. The predicted octanol–water partition coefficient (Wildman–Crippen LogP) is 6.29. The third-order valence-electron chi connectivity index (χ3n) is 5.80. The number of aromatic amines is 1. The average Bonchev–Trinajstić information content (AvgIpc) is 2.84. The van der Waals surface area contributed by atoms with Crippen molar-refractivity contribution in [3.8, 4) is 5.75 Å². The summed E-state index contributed by atoms with van der Waals surface area (Å²) in [6.45, 7) is 13.5. The summed E-state index contributed by atoms with van der Waals surface area (Å²) in [7, 11) is 0. The first-order valence-electron chi connectivity index (χ1n) is 10.0. The van der Waals surface area contributed by atoms with E-state index in [0.29, 0.717) is 25.3 Å². The summed E-state index contributed by atoms with van der Waals surface area (Å²) in [6, 6.07) is 4.04. The number of benzene rings is 1. The molecular formula is C23H29Cl3N2O2. The number of H-pyrrole nitrogens is 1. The minimum absolute atomic E-state index is 0.109. The van der Waals surface area contributed by atoms with E-state index in [1.807, 2.05) is 12.1 Å². The Labute approximate surface area is 193 Å². The number of rotatable bonds is 4. The molecule has 4 nitrogen and oxygen atoms in total. The van der Waals surface area contributed by atoms with Gasteiger partial charge in [0.05, 0.1) is 15.5 Å². The van der Waals surface area contributed by atoms with Crippen molar-refractivity contribution in [2.45, 2.75) is 58.8 Å². The molecule has 3 N–H and O–H groups in total. The number of phenols is 1. The smallest absolute Gasteiger partial charge is 0.189 e. The third-order valence-corrected chi connectivity index (χ3v) is 7.04. The lowest BCUT2D eigenvalue weighted by atomic mass is 9.70. The zero-order chi connectivity index (χ0) is 22.6. The van der Waals surface area contributed by atoms with Crippen LogP contribution in [0.15, 0.2) is 12.1 Å². The molecule has 2 heterocycles. The number of aromatic nitrogens is 1. The van der Waals surface area contributed by atoms with Crippen LogP contribution in [0.25, 0.3) is 0 Å². The summed E-state index contributed by atoms with van der Waals surface area (Å²) in [5.41, 5.74) is 1.89. The minimum Gasteiger partial charge on any atom is -0.507 e. The van der Waals surface area contributed by atoms with Crippen LogP contribution < -0.4 is 5.32 Å². The normalized spacial score (nSPS) is 16.4. The Bertz CT molecular complexity index is 958. The van der Waals surface area contributed by atoms with Gasteiger partial charge in [0.1, 0.15) is 16.6 Å². The van der Waals surface area contributed by atoms with Gasteiger partial charge in [-0.15, -0.1) is 0 Å². The van der Waals surface area contributed by atoms with E-state index >= 15 is 0 Å². The van der Waals surface area contributed by atoms with Crippen molar-refractivity contribution in [3.05, 3.63) is 49.7 Å². The highest BCUT2D eigenvalue weighted by molar-refractivity contribution is 6.49. The highest BCUT2D eigenvalue weighted by Crippen LogP contribution is 2.43. The summed E-state index contributed by atoms with van der Waals surface area (Å²) in [4.78, 5) is 16.3. The number of carbonyl (C=O) groups excluding carboxylic acids is 1. The first kappa shape index (κ1) is 23.5. The second-order valence-electron chi connectivity index (χ2n) is 10.4. The van der Waals surface area contributed by atoms with Crippen LogP contribution in [-0.2, 0) is 17.3 Å². The van der Waals surface area contributed by atoms with Crippen molar-refractivity contribution in [1.82, 2.24) is 10.3 Å². The lowest BCUT2D eigenvalue weighted by Gasteiger charge is -2.41. The Hall–Kier alpha value is -1.20. The maximum Gasteiger partial charge on any atom is 0.189 e. The molecule has 1 aromatic heterocycles. The van der Waals surface area contributed by atoms with E-state index < -0.39 is 5.41 Å². The first-order chi connectivity index (χ1) is 13.7. The zero-order valence-electron chi connectivity index (χ0n) is 18.3. The fourth-order valence-electron chi connectivity index (χ4n) is 3.97. The molecule has 1 aliphatic rings. The van der Waals surface area contributed by atoms with Crippen LogP contribution in [-0.4, -0.2) is 29.0 Å². The van der Waals surface area contributed by atoms with Gasteiger partial charge in [0.2, 0.25) is 0 Å². The summed E-state index contributed by atoms with van der Waals surface area (Å²) in [6.07, 6.45) is 0.524. The number of aromatic hydroxyl groups is 1. The number of halogens is 3. The van der Waals surface area contributed by atoms with Crippen LogP contribution in [0.5, 0.6) is 5.75 Å². The van der Waals surface area contributed by atoms with Gasteiger partial charge < -0.3 is 15.4 Å². The number of ketones is 1. The van der Waals surface area contributed by atoms with Gasteiger partial charge in [-0.05, 0) is 33.9 Å². The van der Waals surface area contributed by atoms with Crippen LogP contribution in [0, 0.1) is 5.41 Å². The topological polar surface area (TPSA) is 65.1 Å². The number of carbonyl (C=O) groups is 1. The average molecular weight is 472 g/mol.